The van der Waals surface area contributed by atoms with Crippen molar-refractivity contribution in [3.8, 4) is 0 Å². The molecule has 0 unspecified atom stereocenters. The number of halogens is 2. The van der Waals surface area contributed by atoms with Gasteiger partial charge in [0.2, 0.25) is 0 Å². The van der Waals surface area contributed by atoms with E-state index in [9.17, 15) is 0 Å². The van der Waals surface area contributed by atoms with Crippen molar-refractivity contribution in [2.75, 3.05) is 6.54 Å². The molecule has 6 heteroatoms. The Balaban J connectivity index is 1.96. The average Bonchev–Trinajstić information content (AvgIpc) is 2.70. The average molecular weight is 399 g/mol. The number of thiocarbonyl (C=S) groups is 1. The Morgan fingerprint density at radius 2 is 2.09 bits per heavy atom. The van der Waals surface area contributed by atoms with E-state index in [1.54, 1.807) is 6.20 Å². The van der Waals surface area contributed by atoms with Gasteiger partial charge in [-0.1, -0.05) is 42.5 Å². The van der Waals surface area contributed by atoms with E-state index in [1.165, 1.54) is 0 Å². The highest BCUT2D eigenvalue weighted by atomic mass is 79.9. The molecule has 3 nitrogen and oxygen atoms in total. The summed E-state index contributed by atoms with van der Waals surface area (Å²) in [7, 11) is 0. The molecule has 0 radical (unpaired) electrons. The van der Waals surface area contributed by atoms with Crippen LogP contribution < -0.4 is 5.73 Å². The van der Waals surface area contributed by atoms with Gasteiger partial charge in [-0.15, -0.1) is 0 Å². The lowest BCUT2D eigenvalue weighted by atomic mass is 9.70. The van der Waals surface area contributed by atoms with Crippen molar-refractivity contribution >= 4 is 44.7 Å². The maximum Gasteiger partial charge on any atom is 0.0836 e. The summed E-state index contributed by atoms with van der Waals surface area (Å²) in [5.41, 5.74) is 6.94. The lowest BCUT2D eigenvalue weighted by molar-refractivity contribution is 0.137. The Labute approximate surface area is 149 Å². The number of fused-ring (bicyclic) bond motifs is 2. The van der Waals surface area contributed by atoms with Gasteiger partial charge in [-0.3, -0.25) is 9.88 Å². The Morgan fingerprint density at radius 1 is 1.45 bits per heavy atom. The van der Waals surface area contributed by atoms with Crippen molar-refractivity contribution in [3.05, 3.63) is 52.3 Å². The van der Waals surface area contributed by atoms with E-state index >= 15 is 0 Å². The van der Waals surface area contributed by atoms with Crippen LogP contribution in [0.15, 0.2) is 46.7 Å². The zero-order valence-corrected chi connectivity index (χ0v) is 15.2. The van der Waals surface area contributed by atoms with E-state index in [1.807, 2.05) is 6.20 Å². The maximum absolute atomic E-state index is 6.18. The molecule has 3 rings (SSSR count). The van der Waals surface area contributed by atoms with Gasteiger partial charge in [0, 0.05) is 40.5 Å². The van der Waals surface area contributed by atoms with E-state index in [2.05, 4.69) is 50.6 Å². The molecule has 2 aliphatic heterocycles. The number of nitrogens with two attached hydrogens (primary N) is 1. The minimum atomic E-state index is -0.324. The summed E-state index contributed by atoms with van der Waals surface area (Å²) < 4.78 is 0.942. The third-order valence-corrected chi connectivity index (χ3v) is 5.55. The summed E-state index contributed by atoms with van der Waals surface area (Å²) in [5, 5.41) is 0.658. The van der Waals surface area contributed by atoms with Crippen LogP contribution in [0.2, 0.25) is 0 Å². The van der Waals surface area contributed by atoms with Gasteiger partial charge in [0.05, 0.1) is 10.4 Å². The molecule has 2 aliphatic rings. The number of rotatable bonds is 4. The van der Waals surface area contributed by atoms with Crippen molar-refractivity contribution in [3.63, 3.8) is 0 Å². The van der Waals surface area contributed by atoms with E-state index in [0.717, 1.165) is 22.9 Å². The Bertz CT molecular complexity index is 645. The zero-order valence-electron chi connectivity index (χ0n) is 12.0. The predicted molar refractivity (Wildman–Crippen MR) is 98.0 cm³/mol. The van der Waals surface area contributed by atoms with Crippen LogP contribution in [-0.4, -0.2) is 33.5 Å². The molecule has 0 amide bonds. The normalized spacial score (nSPS) is 30.5. The minimum absolute atomic E-state index is 0.273. The van der Waals surface area contributed by atoms with Crippen molar-refractivity contribution < 1.29 is 0 Å². The molecular weight excluding hydrogens is 382 g/mol. The topological polar surface area (TPSA) is 42.1 Å². The molecule has 2 bridgehead atoms. The Morgan fingerprint density at radius 3 is 2.59 bits per heavy atom. The van der Waals surface area contributed by atoms with Crippen molar-refractivity contribution in [2.24, 2.45) is 5.73 Å². The number of piperidine rings is 1. The fraction of sp³-hybridized carbons (Fsp3) is 0.375. The zero-order chi connectivity index (χ0) is 15.9. The summed E-state index contributed by atoms with van der Waals surface area (Å²) in [5.74, 6) is 0. The fourth-order valence-corrected chi connectivity index (χ4v) is 4.36. The van der Waals surface area contributed by atoms with Gasteiger partial charge < -0.3 is 5.73 Å². The van der Waals surface area contributed by atoms with E-state index in [4.69, 9.17) is 29.6 Å². The molecule has 1 saturated heterocycles. The summed E-state index contributed by atoms with van der Waals surface area (Å²) in [6.45, 7) is 4.50. The van der Waals surface area contributed by atoms with Crippen LogP contribution in [0.4, 0.5) is 0 Å². The quantitative estimate of drug-likeness (QED) is 0.622. The smallest absolute Gasteiger partial charge is 0.0836 e. The third kappa shape index (κ3) is 2.75. The van der Waals surface area contributed by atoms with E-state index < -0.39 is 0 Å². The molecule has 3 atom stereocenters. The number of hydrogen-bond acceptors (Lipinski definition) is 3. The molecule has 116 valence electrons. The number of hydrogen-bond donors (Lipinski definition) is 1. The Kier molecular flexibility index (Phi) is 4.42. The van der Waals surface area contributed by atoms with Gasteiger partial charge in [0.1, 0.15) is 0 Å². The van der Waals surface area contributed by atoms with Gasteiger partial charge >= 0.3 is 0 Å². The molecule has 1 aromatic heterocycles. The molecule has 0 aromatic carbocycles. The number of aromatic nitrogens is 1. The van der Waals surface area contributed by atoms with Gasteiger partial charge in [-0.2, -0.15) is 0 Å². The molecular formula is C16H17BrClN3S. The molecule has 0 saturated carbocycles. The first kappa shape index (κ1) is 16.1. The third-order valence-electron chi connectivity index (χ3n) is 4.61. The number of nitrogens with zero attached hydrogens (tertiary/aromatic N) is 2. The predicted octanol–water partition coefficient (Wildman–Crippen LogP) is 3.52. The monoisotopic (exact) mass is 397 g/mol. The fourth-order valence-electron chi connectivity index (χ4n) is 3.58. The van der Waals surface area contributed by atoms with Crippen molar-refractivity contribution in [1.82, 2.24) is 9.88 Å². The largest absolute Gasteiger partial charge is 0.393 e. The second-order valence-corrected chi connectivity index (χ2v) is 7.85. The molecule has 0 spiro atoms. The van der Waals surface area contributed by atoms with Gasteiger partial charge in [-0.05, 0) is 40.4 Å². The summed E-state index contributed by atoms with van der Waals surface area (Å²) in [4.78, 5) is 7.19. The van der Waals surface area contributed by atoms with Crippen molar-refractivity contribution in [2.45, 2.75) is 30.3 Å². The molecule has 1 aromatic rings. The standard InChI is InChI=1S/C16H17BrClN3S/c1-10(18)9-21-13-2-3-14(21)6-16(5-13,15(19)22)11-4-12(17)8-20-7-11/h2-4,7-8,13-14H,1,5-6,9H2,(H2,19,22)/t13-,14+,16+. The van der Waals surface area contributed by atoms with Gasteiger partial charge in [0.25, 0.3) is 0 Å². The molecule has 22 heavy (non-hydrogen) atoms. The maximum atomic E-state index is 6.18. The highest BCUT2D eigenvalue weighted by Crippen LogP contribution is 2.45. The molecule has 1 fully saturated rings. The van der Waals surface area contributed by atoms with Crippen LogP contribution in [0.3, 0.4) is 0 Å². The van der Waals surface area contributed by atoms with Crippen LogP contribution in [0, 0.1) is 0 Å². The van der Waals surface area contributed by atoms with Crippen LogP contribution in [0.25, 0.3) is 0 Å². The Hall–Kier alpha value is -0.750. The lowest BCUT2D eigenvalue weighted by Gasteiger charge is -2.46. The second-order valence-electron chi connectivity index (χ2n) is 5.96. The SMILES string of the molecule is C=C(Cl)CN1[C@@H]2C=C[C@H]1C[C@](C(N)=S)(c1cncc(Br)c1)C2. The highest BCUT2D eigenvalue weighted by molar-refractivity contribution is 9.10. The van der Waals surface area contributed by atoms with Gasteiger partial charge in [0.15, 0.2) is 0 Å². The van der Waals surface area contributed by atoms with Crippen LogP contribution in [0.5, 0.6) is 0 Å². The first-order valence-corrected chi connectivity index (χ1v) is 8.68. The molecule has 3 heterocycles. The van der Waals surface area contributed by atoms with Crippen LogP contribution in [0.1, 0.15) is 18.4 Å². The summed E-state index contributed by atoms with van der Waals surface area (Å²) >= 11 is 15.0. The molecule has 2 N–H and O–H groups in total. The second kappa shape index (κ2) is 6.04. The summed E-state index contributed by atoms with van der Waals surface area (Å²) in [6, 6.07) is 2.62. The highest BCUT2D eigenvalue weighted by Gasteiger charge is 2.48. The first-order chi connectivity index (χ1) is 10.4. The lowest BCUT2D eigenvalue weighted by Crippen LogP contribution is -2.55. The van der Waals surface area contributed by atoms with Crippen LogP contribution >= 0.6 is 39.7 Å². The first-order valence-electron chi connectivity index (χ1n) is 7.11. The van der Waals surface area contributed by atoms with E-state index in [-0.39, 0.29) is 17.5 Å². The number of pyridine rings is 1. The summed E-state index contributed by atoms with van der Waals surface area (Å²) in [6.07, 6.45) is 9.80. The van der Waals surface area contributed by atoms with Gasteiger partial charge in [-0.25, -0.2) is 0 Å². The van der Waals surface area contributed by atoms with Crippen LogP contribution in [-0.2, 0) is 5.41 Å². The van der Waals surface area contributed by atoms with Crippen molar-refractivity contribution in [1.29, 1.82) is 0 Å². The molecule has 0 aliphatic carbocycles. The minimum Gasteiger partial charge on any atom is -0.393 e. The van der Waals surface area contributed by atoms with E-state index in [0.29, 0.717) is 16.6 Å².